The normalized spacial score (nSPS) is 28.2. The summed E-state index contributed by atoms with van der Waals surface area (Å²) in [4.78, 5) is 5.37. The highest BCUT2D eigenvalue weighted by molar-refractivity contribution is 5.14. The Bertz CT molecular complexity index is 516. The number of hydrogen-bond acceptors (Lipinski definition) is 4. The number of benzene rings is 1. The van der Waals surface area contributed by atoms with E-state index < -0.39 is 0 Å². The zero-order valence-electron chi connectivity index (χ0n) is 15.4. The Kier molecular flexibility index (Phi) is 5.71. The molecule has 0 N–H and O–H groups in total. The quantitative estimate of drug-likeness (QED) is 0.838. The Morgan fingerprint density at radius 3 is 2.48 bits per heavy atom. The van der Waals surface area contributed by atoms with E-state index in [0.29, 0.717) is 6.04 Å². The Labute approximate surface area is 152 Å². The number of piperazine rings is 1. The molecule has 0 aliphatic carbocycles. The van der Waals surface area contributed by atoms with E-state index in [2.05, 4.69) is 40.1 Å². The van der Waals surface area contributed by atoms with E-state index in [1.165, 1.54) is 57.5 Å². The summed E-state index contributed by atoms with van der Waals surface area (Å²) in [6, 6.07) is 11.6. The van der Waals surface area contributed by atoms with E-state index in [9.17, 15) is 0 Å². The van der Waals surface area contributed by atoms with Gasteiger partial charge in [-0.1, -0.05) is 30.3 Å². The van der Waals surface area contributed by atoms with Crippen LogP contribution in [0.2, 0.25) is 0 Å². The van der Waals surface area contributed by atoms with E-state index in [1.54, 1.807) is 0 Å². The Balaban J connectivity index is 1.24. The van der Waals surface area contributed by atoms with Crippen molar-refractivity contribution in [3.8, 4) is 0 Å². The maximum atomic E-state index is 6.22. The van der Waals surface area contributed by atoms with Crippen LogP contribution in [-0.4, -0.2) is 74.0 Å². The molecule has 1 spiro atoms. The van der Waals surface area contributed by atoms with Crippen molar-refractivity contribution in [2.45, 2.75) is 43.7 Å². The summed E-state index contributed by atoms with van der Waals surface area (Å²) < 4.78 is 11.8. The smallest absolute Gasteiger partial charge is 0.0741 e. The number of hydrogen-bond donors (Lipinski definition) is 0. The van der Waals surface area contributed by atoms with E-state index in [-0.39, 0.29) is 5.60 Å². The molecule has 1 aromatic rings. The molecule has 0 aromatic heterocycles. The molecule has 3 fully saturated rings. The van der Waals surface area contributed by atoms with Crippen molar-refractivity contribution >= 4 is 0 Å². The first kappa shape index (κ1) is 17.5. The SMILES string of the molecule is c1ccc(CCN2CCN([C@H]3CCOC4(CCOCC4)C3)CC2)cc1. The van der Waals surface area contributed by atoms with Crippen LogP contribution in [-0.2, 0) is 15.9 Å². The molecular formula is C21H32N2O2. The van der Waals surface area contributed by atoms with Gasteiger partial charge in [-0.15, -0.1) is 0 Å². The predicted octanol–water partition coefficient (Wildman–Crippen LogP) is 2.57. The van der Waals surface area contributed by atoms with Crippen molar-refractivity contribution in [2.24, 2.45) is 0 Å². The molecule has 25 heavy (non-hydrogen) atoms. The molecule has 138 valence electrons. The van der Waals surface area contributed by atoms with Crippen LogP contribution in [0.25, 0.3) is 0 Å². The van der Waals surface area contributed by atoms with Gasteiger partial charge in [0.15, 0.2) is 0 Å². The summed E-state index contributed by atoms with van der Waals surface area (Å²) >= 11 is 0. The molecule has 0 unspecified atom stereocenters. The van der Waals surface area contributed by atoms with Crippen LogP contribution in [0.15, 0.2) is 30.3 Å². The van der Waals surface area contributed by atoms with E-state index in [4.69, 9.17) is 9.47 Å². The average Bonchev–Trinajstić information content (AvgIpc) is 2.68. The molecule has 3 saturated heterocycles. The lowest BCUT2D eigenvalue weighted by atomic mass is 9.83. The molecule has 0 bridgehead atoms. The minimum atomic E-state index is 0.117. The molecule has 4 heteroatoms. The maximum Gasteiger partial charge on any atom is 0.0741 e. The topological polar surface area (TPSA) is 24.9 Å². The summed E-state index contributed by atoms with van der Waals surface area (Å²) in [5.74, 6) is 0. The van der Waals surface area contributed by atoms with Gasteiger partial charge in [-0.05, 0) is 37.7 Å². The second-order valence-corrected chi connectivity index (χ2v) is 7.90. The van der Waals surface area contributed by atoms with Crippen molar-refractivity contribution < 1.29 is 9.47 Å². The van der Waals surface area contributed by atoms with Gasteiger partial charge < -0.3 is 14.4 Å². The summed E-state index contributed by atoms with van der Waals surface area (Å²) in [6.07, 6.45) is 5.75. The zero-order chi connectivity index (χ0) is 17.0. The third-order valence-electron chi connectivity index (χ3n) is 6.35. The highest BCUT2D eigenvalue weighted by Crippen LogP contribution is 2.36. The lowest BCUT2D eigenvalue weighted by Gasteiger charge is -2.48. The molecular weight excluding hydrogens is 312 g/mol. The van der Waals surface area contributed by atoms with Crippen LogP contribution in [0.3, 0.4) is 0 Å². The lowest BCUT2D eigenvalue weighted by Crippen LogP contribution is -2.56. The van der Waals surface area contributed by atoms with Gasteiger partial charge in [-0.25, -0.2) is 0 Å². The van der Waals surface area contributed by atoms with Gasteiger partial charge >= 0.3 is 0 Å². The minimum Gasteiger partial charge on any atom is -0.381 e. The van der Waals surface area contributed by atoms with E-state index in [0.717, 1.165) is 32.7 Å². The molecule has 0 radical (unpaired) electrons. The van der Waals surface area contributed by atoms with Crippen molar-refractivity contribution in [1.29, 1.82) is 0 Å². The van der Waals surface area contributed by atoms with Crippen molar-refractivity contribution in [2.75, 3.05) is 52.5 Å². The standard InChI is InChI=1S/C21H32N2O2/c1-2-4-19(5-3-1)6-10-22-11-13-23(14-12-22)20-7-15-25-21(18-20)8-16-24-17-9-21/h1-5,20H,6-18H2/t20-/m0/s1. The molecule has 4 rings (SSSR count). The minimum absolute atomic E-state index is 0.117. The van der Waals surface area contributed by atoms with Crippen LogP contribution in [0.5, 0.6) is 0 Å². The number of nitrogens with zero attached hydrogens (tertiary/aromatic N) is 2. The summed E-state index contributed by atoms with van der Waals surface area (Å²) in [6.45, 7) is 8.71. The van der Waals surface area contributed by atoms with Crippen LogP contribution in [0.1, 0.15) is 31.2 Å². The summed E-state index contributed by atoms with van der Waals surface area (Å²) in [5.41, 5.74) is 1.57. The molecule has 1 atom stereocenters. The van der Waals surface area contributed by atoms with Gasteiger partial charge in [0.25, 0.3) is 0 Å². The van der Waals surface area contributed by atoms with Crippen LogP contribution >= 0.6 is 0 Å². The third-order valence-corrected chi connectivity index (χ3v) is 6.35. The number of rotatable bonds is 4. The first-order valence-corrected chi connectivity index (χ1v) is 10.1. The van der Waals surface area contributed by atoms with Crippen LogP contribution in [0.4, 0.5) is 0 Å². The van der Waals surface area contributed by atoms with E-state index in [1.807, 2.05) is 0 Å². The van der Waals surface area contributed by atoms with Gasteiger partial charge in [-0.2, -0.15) is 0 Å². The average molecular weight is 344 g/mol. The highest BCUT2D eigenvalue weighted by Gasteiger charge is 2.41. The third kappa shape index (κ3) is 4.43. The number of ether oxygens (including phenoxy) is 2. The Morgan fingerprint density at radius 2 is 1.72 bits per heavy atom. The fourth-order valence-electron chi connectivity index (χ4n) is 4.69. The first-order chi connectivity index (χ1) is 12.3. The fraction of sp³-hybridized carbons (Fsp3) is 0.714. The van der Waals surface area contributed by atoms with Crippen molar-refractivity contribution in [3.63, 3.8) is 0 Å². The molecule has 3 heterocycles. The molecule has 0 amide bonds. The largest absolute Gasteiger partial charge is 0.381 e. The molecule has 3 aliphatic heterocycles. The summed E-state index contributed by atoms with van der Waals surface area (Å²) in [5, 5.41) is 0. The monoisotopic (exact) mass is 344 g/mol. The van der Waals surface area contributed by atoms with Crippen molar-refractivity contribution in [3.05, 3.63) is 35.9 Å². The van der Waals surface area contributed by atoms with Gasteiger partial charge in [-0.3, -0.25) is 4.90 Å². The Hall–Kier alpha value is -0.940. The summed E-state index contributed by atoms with van der Waals surface area (Å²) in [7, 11) is 0. The van der Waals surface area contributed by atoms with Crippen LogP contribution in [0, 0.1) is 0 Å². The highest BCUT2D eigenvalue weighted by atomic mass is 16.5. The second kappa shape index (κ2) is 8.17. The van der Waals surface area contributed by atoms with Crippen molar-refractivity contribution in [1.82, 2.24) is 9.80 Å². The first-order valence-electron chi connectivity index (χ1n) is 10.1. The van der Waals surface area contributed by atoms with Gasteiger partial charge in [0, 0.05) is 58.6 Å². The second-order valence-electron chi connectivity index (χ2n) is 7.90. The van der Waals surface area contributed by atoms with Gasteiger partial charge in [0.05, 0.1) is 5.60 Å². The zero-order valence-corrected chi connectivity index (χ0v) is 15.4. The Morgan fingerprint density at radius 1 is 0.960 bits per heavy atom. The molecule has 4 nitrogen and oxygen atoms in total. The van der Waals surface area contributed by atoms with E-state index >= 15 is 0 Å². The molecule has 1 aromatic carbocycles. The molecule has 3 aliphatic rings. The van der Waals surface area contributed by atoms with Gasteiger partial charge in [0.2, 0.25) is 0 Å². The maximum absolute atomic E-state index is 6.22. The van der Waals surface area contributed by atoms with Crippen LogP contribution < -0.4 is 0 Å². The predicted molar refractivity (Wildman–Crippen MR) is 99.9 cm³/mol. The molecule has 0 saturated carbocycles. The fourth-order valence-corrected chi connectivity index (χ4v) is 4.69. The van der Waals surface area contributed by atoms with Gasteiger partial charge in [0.1, 0.15) is 0 Å². The lowest BCUT2D eigenvalue weighted by molar-refractivity contribution is -0.153.